The zero-order valence-corrected chi connectivity index (χ0v) is 41.2. The van der Waals surface area contributed by atoms with Gasteiger partial charge in [0.05, 0.1) is 37.8 Å². The number of ether oxygens (including phenoxy) is 5. The van der Waals surface area contributed by atoms with Crippen molar-refractivity contribution in [3.8, 4) is 11.5 Å². The Kier molecular flexibility index (Phi) is 11.8. The van der Waals surface area contributed by atoms with Gasteiger partial charge in [-0.3, -0.25) is 24.6 Å². The number of nitrogens with zero attached hydrogens (tertiary/aromatic N) is 4. The normalized spacial score (nSPS) is 32.5. The fourth-order valence-electron chi connectivity index (χ4n) is 14.7. The molecular formula is C53H62N6O12. The number of rotatable bonds is 10. The number of methoxy groups -OCH3 is 3. The SMILES string of the molecule is CC[C@]1(NC(=O)Oc2ccc([N+](=O)[O-])cc2)C[C@H]2CN(CCc3c([nH]c4ccccc34)[C@@](C(=O)OC)(c3cc4c(cc3OC)N(C)[C@H]3[C@@](O)(C(=O)OC)[C@H](OC(C)=O)[C@]5(CC)C=CCN6CC[C@]43[C@@H]65)C2)C1. The Balaban J connectivity index is 1.17. The molecule has 1 spiro atoms. The number of esters is 3. The number of aromatic nitrogens is 1. The van der Waals surface area contributed by atoms with E-state index in [4.69, 9.17) is 23.7 Å². The number of hydrogen-bond donors (Lipinski definition) is 3. The number of nitrogens with one attached hydrogen (secondary N) is 2. The number of carbonyl (C=O) groups excluding carboxylic acids is 4. The van der Waals surface area contributed by atoms with Gasteiger partial charge in [0.1, 0.15) is 16.9 Å². The molecule has 1 amide bonds. The molecule has 18 nitrogen and oxygen atoms in total. The van der Waals surface area contributed by atoms with Crippen molar-refractivity contribution in [3.63, 3.8) is 0 Å². The fourth-order valence-corrected chi connectivity index (χ4v) is 14.7. The van der Waals surface area contributed by atoms with E-state index in [-0.39, 0.29) is 29.8 Å². The van der Waals surface area contributed by atoms with E-state index in [0.29, 0.717) is 87.5 Å². The summed E-state index contributed by atoms with van der Waals surface area (Å²) >= 11 is 0. The average Bonchev–Trinajstić information content (AvgIpc) is 4.03. The van der Waals surface area contributed by atoms with Crippen molar-refractivity contribution in [3.05, 3.63) is 105 Å². The van der Waals surface area contributed by atoms with Gasteiger partial charge in [-0.15, -0.1) is 0 Å². The van der Waals surface area contributed by atoms with Crippen LogP contribution in [0.25, 0.3) is 10.9 Å². The van der Waals surface area contributed by atoms with Gasteiger partial charge in [-0.05, 0) is 86.4 Å². The van der Waals surface area contributed by atoms with Crippen LogP contribution in [0, 0.1) is 21.4 Å². The molecular weight excluding hydrogens is 913 g/mol. The van der Waals surface area contributed by atoms with Gasteiger partial charge in [0.15, 0.2) is 6.10 Å². The Morgan fingerprint density at radius 3 is 2.37 bits per heavy atom. The van der Waals surface area contributed by atoms with Crippen LogP contribution < -0.4 is 19.7 Å². The second-order valence-corrected chi connectivity index (χ2v) is 20.5. The summed E-state index contributed by atoms with van der Waals surface area (Å²) in [6.07, 6.45) is 4.69. The molecule has 10 atom stereocenters. The summed E-state index contributed by atoms with van der Waals surface area (Å²) in [5.74, 6) is -1.77. The first-order valence-corrected chi connectivity index (χ1v) is 24.5. The van der Waals surface area contributed by atoms with Crippen LogP contribution in [0.1, 0.15) is 75.3 Å². The van der Waals surface area contributed by atoms with Crippen molar-refractivity contribution in [2.75, 3.05) is 66.0 Å². The molecule has 3 aromatic carbocycles. The van der Waals surface area contributed by atoms with Gasteiger partial charge in [-0.2, -0.15) is 0 Å². The first-order valence-electron chi connectivity index (χ1n) is 24.5. The van der Waals surface area contributed by atoms with Crippen LogP contribution >= 0.6 is 0 Å². The van der Waals surface area contributed by atoms with Crippen molar-refractivity contribution < 1.29 is 52.9 Å². The monoisotopic (exact) mass is 974 g/mol. The Labute approximate surface area is 411 Å². The summed E-state index contributed by atoms with van der Waals surface area (Å²) in [5, 5.41) is 29.0. The summed E-state index contributed by atoms with van der Waals surface area (Å²) < 4.78 is 29.9. The van der Waals surface area contributed by atoms with E-state index < -0.39 is 68.5 Å². The summed E-state index contributed by atoms with van der Waals surface area (Å²) in [6.45, 7) is 8.19. The maximum absolute atomic E-state index is 15.7. The molecule has 1 aliphatic carbocycles. The van der Waals surface area contributed by atoms with Gasteiger partial charge in [-0.25, -0.2) is 9.59 Å². The van der Waals surface area contributed by atoms with Gasteiger partial charge in [0.2, 0.25) is 5.60 Å². The molecule has 18 heteroatoms. The lowest BCUT2D eigenvalue weighted by Crippen LogP contribution is -2.81. The number of nitro groups is 1. The number of anilines is 1. The van der Waals surface area contributed by atoms with E-state index in [0.717, 1.165) is 22.0 Å². The molecule has 6 heterocycles. The van der Waals surface area contributed by atoms with Crippen molar-refractivity contribution in [2.24, 2.45) is 11.3 Å². The third-order valence-electron chi connectivity index (χ3n) is 17.3. The Morgan fingerprint density at radius 2 is 1.69 bits per heavy atom. The molecule has 5 aliphatic heterocycles. The van der Waals surface area contributed by atoms with Gasteiger partial charge >= 0.3 is 24.0 Å². The lowest BCUT2D eigenvalue weighted by atomic mass is 9.47. The number of para-hydroxylation sites is 1. The maximum atomic E-state index is 15.7. The number of non-ortho nitro benzene ring substituents is 1. The molecule has 2 saturated heterocycles. The first kappa shape index (κ1) is 48.1. The van der Waals surface area contributed by atoms with E-state index in [1.807, 2.05) is 62.2 Å². The van der Waals surface area contributed by atoms with Crippen molar-refractivity contribution >= 4 is 46.3 Å². The van der Waals surface area contributed by atoms with Crippen molar-refractivity contribution in [2.45, 2.75) is 99.5 Å². The minimum atomic E-state index is -2.37. The maximum Gasteiger partial charge on any atom is 0.413 e. The second kappa shape index (κ2) is 17.4. The van der Waals surface area contributed by atoms with Crippen molar-refractivity contribution in [1.29, 1.82) is 0 Å². The molecule has 0 radical (unpaired) electrons. The van der Waals surface area contributed by atoms with E-state index in [1.165, 1.54) is 45.4 Å². The number of aliphatic hydroxyl groups is 1. The molecule has 3 N–H and O–H groups in total. The number of carbonyl (C=O) groups is 4. The Bertz CT molecular complexity index is 2870. The number of H-pyrrole nitrogens is 1. The number of fused-ring (bicyclic) bond motifs is 6. The molecule has 2 bridgehead atoms. The lowest BCUT2D eigenvalue weighted by Gasteiger charge is -2.63. The molecule has 1 aromatic heterocycles. The summed E-state index contributed by atoms with van der Waals surface area (Å²) in [4.78, 5) is 78.4. The van der Waals surface area contributed by atoms with Crippen LogP contribution in [0.2, 0.25) is 0 Å². The van der Waals surface area contributed by atoms with Crippen molar-refractivity contribution in [1.82, 2.24) is 20.1 Å². The average molecular weight is 975 g/mol. The predicted molar refractivity (Wildman–Crippen MR) is 260 cm³/mol. The van der Waals surface area contributed by atoms with Gasteiger partial charge in [0.25, 0.3) is 5.69 Å². The summed E-state index contributed by atoms with van der Waals surface area (Å²) in [6, 6.07) is 15.9. The molecule has 1 saturated carbocycles. The van der Waals surface area contributed by atoms with E-state index in [2.05, 4.69) is 32.2 Å². The highest BCUT2D eigenvalue weighted by Gasteiger charge is 2.80. The van der Waals surface area contributed by atoms with Crippen LogP contribution in [0.15, 0.2) is 72.8 Å². The van der Waals surface area contributed by atoms with Crippen LogP contribution in [0.5, 0.6) is 11.5 Å². The topological polar surface area (TPSA) is 215 Å². The standard InChI is InChI=1S/C53H62N6O12/c1-8-49(55-48(63)71-34-17-15-33(16-18-34)59(65)66)27-32-28-52(46(61)68-6,42-36(19-23-57(29-32)30-49)35-13-10-11-14-39(35)54-42)38-25-37-40(26-41(38)67-5)56(4)44-51(37)21-24-58-22-12-20-50(9-2,43(51)58)45(70-31(3)60)53(44,64)47(62)69-7/h10-18,20,25-26,32,43-45,54,64H,8-9,19,21-24,27-30H2,1-7H3,(H,55,63)/t32-,43+,44-,45-,49+,50-,51-,52+,53+/m1/s1. The Hall–Kier alpha value is -6.50. The number of amides is 1. The quantitative estimate of drug-likeness (QED) is 0.0572. The van der Waals surface area contributed by atoms with Crippen LogP contribution in [-0.2, 0) is 45.8 Å². The van der Waals surface area contributed by atoms with Gasteiger partial charge < -0.3 is 48.9 Å². The number of aromatic amines is 1. The Morgan fingerprint density at radius 1 is 0.944 bits per heavy atom. The third-order valence-corrected chi connectivity index (χ3v) is 17.3. The number of benzene rings is 3. The van der Waals surface area contributed by atoms with Crippen LogP contribution in [0.4, 0.5) is 16.2 Å². The number of piperidine rings is 1. The minimum absolute atomic E-state index is 0.128. The van der Waals surface area contributed by atoms with E-state index in [9.17, 15) is 29.6 Å². The number of hydrogen-bond acceptors (Lipinski definition) is 15. The molecule has 3 fully saturated rings. The second-order valence-electron chi connectivity index (χ2n) is 20.5. The zero-order chi connectivity index (χ0) is 50.4. The molecule has 1 unspecified atom stereocenters. The number of nitro benzene ring substituents is 1. The zero-order valence-electron chi connectivity index (χ0n) is 41.2. The molecule has 71 heavy (non-hydrogen) atoms. The first-order chi connectivity index (χ1) is 34.0. The fraction of sp³-hybridized carbons (Fsp3) is 0.509. The lowest BCUT2D eigenvalue weighted by molar-refractivity contribution is -0.384. The molecule has 376 valence electrons. The summed E-state index contributed by atoms with van der Waals surface area (Å²) in [5.41, 5.74) is -2.39. The highest BCUT2D eigenvalue weighted by Crippen LogP contribution is 2.68. The van der Waals surface area contributed by atoms with Crippen LogP contribution in [-0.4, -0.2) is 139 Å². The predicted octanol–water partition coefficient (Wildman–Crippen LogP) is 5.70. The van der Waals surface area contributed by atoms with E-state index in [1.54, 1.807) is 7.11 Å². The van der Waals surface area contributed by atoms with Crippen LogP contribution in [0.3, 0.4) is 0 Å². The highest BCUT2D eigenvalue weighted by atomic mass is 16.6. The highest BCUT2D eigenvalue weighted by molar-refractivity contribution is 5.95. The molecule has 4 aromatic rings. The number of likely N-dealkylation sites (N-methyl/N-ethyl adjacent to an activating group) is 1. The van der Waals surface area contributed by atoms with Gasteiger partial charge in [-0.1, -0.05) is 44.2 Å². The molecule has 10 rings (SSSR count). The minimum Gasteiger partial charge on any atom is -0.496 e. The smallest absolute Gasteiger partial charge is 0.413 e. The summed E-state index contributed by atoms with van der Waals surface area (Å²) in [7, 11) is 6.03. The third kappa shape index (κ3) is 6.91. The molecule has 6 aliphatic rings. The largest absolute Gasteiger partial charge is 0.496 e. The van der Waals surface area contributed by atoms with E-state index >= 15 is 4.79 Å². The van der Waals surface area contributed by atoms with Gasteiger partial charge in [0, 0.05) is 103 Å².